The molecule has 3 rings (SSSR count). The van der Waals surface area contributed by atoms with Crippen LogP contribution in [-0.2, 0) is 17.6 Å². The van der Waals surface area contributed by atoms with E-state index in [1.165, 1.54) is 24.0 Å². The minimum absolute atomic E-state index is 0.0348. The van der Waals surface area contributed by atoms with E-state index in [4.69, 9.17) is 9.47 Å². The highest BCUT2D eigenvalue weighted by Crippen LogP contribution is 2.32. The Morgan fingerprint density at radius 3 is 2.55 bits per heavy atom. The number of hydrogen-bond donors (Lipinski definition) is 1. The number of carbonyl (C=O) groups is 1. The fourth-order valence-electron chi connectivity index (χ4n) is 4.20. The van der Waals surface area contributed by atoms with Crippen LogP contribution >= 0.6 is 0 Å². The van der Waals surface area contributed by atoms with Crippen LogP contribution in [0.3, 0.4) is 0 Å². The summed E-state index contributed by atoms with van der Waals surface area (Å²) in [4.78, 5) is 12.6. The third-order valence-corrected chi connectivity index (χ3v) is 5.80. The first-order valence-electron chi connectivity index (χ1n) is 10.6. The Labute approximate surface area is 174 Å². The number of hydrogen-bond acceptors (Lipinski definition) is 3. The molecule has 0 bridgehead atoms. The summed E-state index contributed by atoms with van der Waals surface area (Å²) in [6.45, 7) is 8.40. The third-order valence-electron chi connectivity index (χ3n) is 5.80. The number of rotatable bonds is 7. The van der Waals surface area contributed by atoms with Crippen molar-refractivity contribution in [2.75, 3.05) is 13.7 Å². The van der Waals surface area contributed by atoms with E-state index in [0.29, 0.717) is 5.92 Å². The van der Waals surface area contributed by atoms with Gasteiger partial charge < -0.3 is 14.8 Å². The van der Waals surface area contributed by atoms with Crippen LogP contribution in [0, 0.1) is 6.92 Å². The Bertz CT molecular complexity index is 873. The number of benzene rings is 2. The Hall–Kier alpha value is -2.49. The molecule has 0 radical (unpaired) electrons. The second kappa shape index (κ2) is 9.34. The largest absolute Gasteiger partial charge is 0.496 e. The molecule has 0 aromatic heterocycles. The van der Waals surface area contributed by atoms with Crippen molar-refractivity contribution in [3.05, 3.63) is 58.1 Å². The highest BCUT2D eigenvalue weighted by Gasteiger charge is 2.18. The molecule has 0 saturated heterocycles. The normalized spacial score (nSPS) is 14.3. The number of carbonyl (C=O) groups excluding carboxylic acids is 1. The molecular formula is C25H33NO3. The first-order valence-corrected chi connectivity index (χ1v) is 10.6. The maximum atomic E-state index is 12.6. The standard InChI is InChI=1S/C25H33NO3/c1-16(2)21-14-22(17(3)13-24(21)28-5)18(4)26-25(27)15-29-23-12-8-10-19-9-6-7-11-20(19)23/h8,10,12-14,16,18H,6-7,9,11,15H2,1-5H3,(H,26,27)/t18-/m0/s1. The first kappa shape index (κ1) is 21.2. The van der Waals surface area contributed by atoms with Crippen molar-refractivity contribution in [3.8, 4) is 11.5 Å². The molecule has 156 valence electrons. The van der Waals surface area contributed by atoms with Crippen LogP contribution in [0.2, 0.25) is 0 Å². The van der Waals surface area contributed by atoms with Crippen LogP contribution in [0.1, 0.15) is 73.4 Å². The number of amides is 1. The van der Waals surface area contributed by atoms with Crippen LogP contribution in [-0.4, -0.2) is 19.6 Å². The van der Waals surface area contributed by atoms with Crippen molar-refractivity contribution in [1.82, 2.24) is 5.32 Å². The van der Waals surface area contributed by atoms with Gasteiger partial charge in [0.1, 0.15) is 11.5 Å². The molecule has 1 N–H and O–H groups in total. The molecule has 2 aromatic carbocycles. The number of ether oxygens (including phenoxy) is 2. The van der Waals surface area contributed by atoms with Crippen molar-refractivity contribution in [1.29, 1.82) is 0 Å². The van der Waals surface area contributed by atoms with E-state index in [1.807, 2.05) is 19.1 Å². The molecule has 0 spiro atoms. The minimum Gasteiger partial charge on any atom is -0.496 e. The molecule has 29 heavy (non-hydrogen) atoms. The Morgan fingerprint density at radius 1 is 1.07 bits per heavy atom. The van der Waals surface area contributed by atoms with Gasteiger partial charge in [0.2, 0.25) is 0 Å². The molecule has 0 saturated carbocycles. The lowest BCUT2D eigenvalue weighted by Crippen LogP contribution is -2.32. The molecule has 4 heteroatoms. The summed E-state index contributed by atoms with van der Waals surface area (Å²) >= 11 is 0. The first-order chi connectivity index (χ1) is 13.9. The number of methoxy groups -OCH3 is 1. The molecule has 1 atom stereocenters. The Morgan fingerprint density at radius 2 is 1.83 bits per heavy atom. The molecule has 0 unspecified atom stereocenters. The van der Waals surface area contributed by atoms with Gasteiger partial charge in [0.15, 0.2) is 6.61 Å². The zero-order valence-electron chi connectivity index (χ0n) is 18.3. The summed E-state index contributed by atoms with van der Waals surface area (Å²) in [6, 6.07) is 10.3. The lowest BCUT2D eigenvalue weighted by atomic mass is 9.91. The molecule has 1 amide bonds. The fourth-order valence-corrected chi connectivity index (χ4v) is 4.20. The van der Waals surface area contributed by atoms with Gasteiger partial charge in [0.05, 0.1) is 13.2 Å². The van der Waals surface area contributed by atoms with E-state index in [1.54, 1.807) is 7.11 Å². The van der Waals surface area contributed by atoms with E-state index in [2.05, 4.69) is 44.3 Å². The van der Waals surface area contributed by atoms with Crippen molar-refractivity contribution in [3.63, 3.8) is 0 Å². The summed E-state index contributed by atoms with van der Waals surface area (Å²) in [5, 5.41) is 3.09. The summed E-state index contributed by atoms with van der Waals surface area (Å²) in [5.74, 6) is 2.00. The zero-order valence-corrected chi connectivity index (χ0v) is 18.3. The lowest BCUT2D eigenvalue weighted by Gasteiger charge is -2.22. The average molecular weight is 396 g/mol. The van der Waals surface area contributed by atoms with Crippen LogP contribution in [0.15, 0.2) is 30.3 Å². The van der Waals surface area contributed by atoms with Gasteiger partial charge in [-0.05, 0) is 91.5 Å². The minimum atomic E-state index is -0.104. The van der Waals surface area contributed by atoms with Crippen LogP contribution in [0.5, 0.6) is 11.5 Å². The van der Waals surface area contributed by atoms with E-state index in [-0.39, 0.29) is 18.6 Å². The zero-order chi connectivity index (χ0) is 21.0. The van der Waals surface area contributed by atoms with Gasteiger partial charge in [0, 0.05) is 0 Å². The average Bonchev–Trinajstić information content (AvgIpc) is 2.71. The second-order valence-corrected chi connectivity index (χ2v) is 8.28. The van der Waals surface area contributed by atoms with E-state index < -0.39 is 0 Å². The van der Waals surface area contributed by atoms with E-state index in [9.17, 15) is 4.79 Å². The second-order valence-electron chi connectivity index (χ2n) is 8.28. The van der Waals surface area contributed by atoms with Gasteiger partial charge in [-0.25, -0.2) is 0 Å². The fraction of sp³-hybridized carbons (Fsp3) is 0.480. The summed E-state index contributed by atoms with van der Waals surface area (Å²) in [6.07, 6.45) is 4.55. The van der Waals surface area contributed by atoms with Crippen LogP contribution in [0.25, 0.3) is 0 Å². The molecular weight excluding hydrogens is 362 g/mol. The molecule has 1 aliphatic rings. The maximum absolute atomic E-state index is 12.6. The SMILES string of the molecule is COc1cc(C)c([C@H](C)NC(=O)COc2cccc3c2CCCC3)cc1C(C)C. The predicted octanol–water partition coefficient (Wildman–Crippen LogP) is 5.26. The summed E-state index contributed by atoms with van der Waals surface area (Å²) in [5.41, 5.74) is 6.00. The maximum Gasteiger partial charge on any atom is 0.258 e. The molecule has 0 heterocycles. The van der Waals surface area contributed by atoms with E-state index >= 15 is 0 Å². The topological polar surface area (TPSA) is 47.6 Å². The Kier molecular flexibility index (Phi) is 6.83. The quantitative estimate of drug-likeness (QED) is 0.695. The molecule has 4 nitrogen and oxygen atoms in total. The summed E-state index contributed by atoms with van der Waals surface area (Å²) in [7, 11) is 1.70. The highest BCUT2D eigenvalue weighted by molar-refractivity contribution is 5.78. The monoisotopic (exact) mass is 395 g/mol. The van der Waals surface area contributed by atoms with Gasteiger partial charge in [0.25, 0.3) is 5.91 Å². The third kappa shape index (κ3) is 4.92. The van der Waals surface area contributed by atoms with Crippen LogP contribution < -0.4 is 14.8 Å². The van der Waals surface area contributed by atoms with Crippen molar-refractivity contribution in [2.24, 2.45) is 0 Å². The van der Waals surface area contributed by atoms with Crippen molar-refractivity contribution in [2.45, 2.75) is 65.3 Å². The van der Waals surface area contributed by atoms with Gasteiger partial charge in [-0.15, -0.1) is 0 Å². The predicted molar refractivity (Wildman–Crippen MR) is 117 cm³/mol. The van der Waals surface area contributed by atoms with Gasteiger partial charge in [-0.3, -0.25) is 4.79 Å². The smallest absolute Gasteiger partial charge is 0.258 e. The van der Waals surface area contributed by atoms with Gasteiger partial charge in [-0.1, -0.05) is 26.0 Å². The molecule has 2 aromatic rings. The number of nitrogens with one attached hydrogen (secondary N) is 1. The van der Waals surface area contributed by atoms with E-state index in [0.717, 1.165) is 41.0 Å². The summed E-state index contributed by atoms with van der Waals surface area (Å²) < 4.78 is 11.4. The number of aryl methyl sites for hydroxylation is 2. The van der Waals surface area contributed by atoms with Crippen molar-refractivity contribution >= 4 is 5.91 Å². The molecule has 0 fully saturated rings. The lowest BCUT2D eigenvalue weighted by molar-refractivity contribution is -0.123. The van der Waals surface area contributed by atoms with Crippen LogP contribution in [0.4, 0.5) is 0 Å². The molecule has 1 aliphatic carbocycles. The number of fused-ring (bicyclic) bond motifs is 1. The molecule has 0 aliphatic heterocycles. The van der Waals surface area contributed by atoms with Gasteiger partial charge >= 0.3 is 0 Å². The van der Waals surface area contributed by atoms with Gasteiger partial charge in [-0.2, -0.15) is 0 Å². The van der Waals surface area contributed by atoms with Crippen molar-refractivity contribution < 1.29 is 14.3 Å². The highest BCUT2D eigenvalue weighted by atomic mass is 16.5. The Balaban J connectivity index is 1.66.